The van der Waals surface area contributed by atoms with Crippen molar-refractivity contribution in [3.8, 4) is 6.07 Å². The zero-order valence-corrected chi connectivity index (χ0v) is 13.3. The molecule has 1 saturated carbocycles. The molecular formula is C16H20N2O3S. The zero-order chi connectivity index (χ0) is 15.8. The Bertz CT molecular complexity index is 542. The van der Waals surface area contributed by atoms with E-state index in [1.807, 2.05) is 17.5 Å². The number of hydrogen-bond donors (Lipinski definition) is 1. The molecule has 0 radical (unpaired) electrons. The summed E-state index contributed by atoms with van der Waals surface area (Å²) in [5, 5.41) is 13.9. The molecule has 1 heterocycles. The Morgan fingerprint density at radius 1 is 1.41 bits per heavy atom. The van der Waals surface area contributed by atoms with E-state index in [9.17, 15) is 14.9 Å². The summed E-state index contributed by atoms with van der Waals surface area (Å²) in [5.41, 5.74) is -0.761. The molecule has 118 valence electrons. The number of rotatable bonds is 7. The second-order valence-corrected chi connectivity index (χ2v) is 6.58. The van der Waals surface area contributed by atoms with Gasteiger partial charge in [0.2, 0.25) is 0 Å². The fraction of sp³-hybridized carbons (Fsp3) is 0.562. The maximum atomic E-state index is 11.8. The summed E-state index contributed by atoms with van der Waals surface area (Å²) >= 11 is 1.67. The SMILES string of the molecule is N#CC1(NC(=O)COC(=O)CCCc2cccs2)CCCC1. The van der Waals surface area contributed by atoms with Crippen LogP contribution in [0.4, 0.5) is 0 Å². The molecule has 0 unspecified atom stereocenters. The van der Waals surface area contributed by atoms with Crippen molar-refractivity contribution in [2.45, 2.75) is 50.5 Å². The van der Waals surface area contributed by atoms with Gasteiger partial charge >= 0.3 is 5.97 Å². The minimum Gasteiger partial charge on any atom is -0.456 e. The highest BCUT2D eigenvalue weighted by Crippen LogP contribution is 2.28. The number of aryl methyl sites for hydroxylation is 1. The van der Waals surface area contributed by atoms with Crippen LogP contribution in [0.3, 0.4) is 0 Å². The molecule has 0 atom stereocenters. The van der Waals surface area contributed by atoms with Crippen LogP contribution in [0.25, 0.3) is 0 Å². The molecule has 1 aromatic heterocycles. The Morgan fingerprint density at radius 3 is 2.82 bits per heavy atom. The summed E-state index contributed by atoms with van der Waals surface area (Å²) in [4.78, 5) is 24.6. The molecule has 0 saturated heterocycles. The number of esters is 1. The van der Waals surface area contributed by atoms with Crippen LogP contribution in [0, 0.1) is 11.3 Å². The first kappa shape index (κ1) is 16.5. The number of amides is 1. The lowest BCUT2D eigenvalue weighted by atomic mass is 10.00. The van der Waals surface area contributed by atoms with Crippen molar-refractivity contribution in [1.29, 1.82) is 5.26 Å². The first-order chi connectivity index (χ1) is 10.6. The number of nitriles is 1. The largest absolute Gasteiger partial charge is 0.456 e. The van der Waals surface area contributed by atoms with E-state index in [4.69, 9.17) is 4.74 Å². The molecule has 1 aliphatic rings. The molecule has 1 amide bonds. The molecule has 1 fully saturated rings. The lowest BCUT2D eigenvalue weighted by molar-refractivity contribution is -0.149. The lowest BCUT2D eigenvalue weighted by Crippen LogP contribution is -2.46. The van der Waals surface area contributed by atoms with E-state index < -0.39 is 11.4 Å². The van der Waals surface area contributed by atoms with Crippen LogP contribution >= 0.6 is 11.3 Å². The number of carbonyl (C=O) groups excluding carboxylic acids is 2. The van der Waals surface area contributed by atoms with Crippen LogP contribution in [0.2, 0.25) is 0 Å². The smallest absolute Gasteiger partial charge is 0.306 e. The number of ether oxygens (including phenoxy) is 1. The summed E-state index contributed by atoms with van der Waals surface area (Å²) < 4.78 is 4.97. The zero-order valence-electron chi connectivity index (χ0n) is 12.5. The van der Waals surface area contributed by atoms with Gasteiger partial charge < -0.3 is 10.1 Å². The quantitative estimate of drug-likeness (QED) is 0.783. The maximum absolute atomic E-state index is 11.8. The Labute approximate surface area is 134 Å². The van der Waals surface area contributed by atoms with Gasteiger partial charge in [-0.25, -0.2) is 0 Å². The van der Waals surface area contributed by atoms with Gasteiger partial charge in [-0.05, 0) is 50.0 Å². The number of nitrogens with zero attached hydrogens (tertiary/aromatic N) is 1. The molecule has 1 aromatic rings. The maximum Gasteiger partial charge on any atom is 0.306 e. The average Bonchev–Trinajstić information content (AvgIpc) is 3.17. The van der Waals surface area contributed by atoms with Gasteiger partial charge in [0, 0.05) is 11.3 Å². The van der Waals surface area contributed by atoms with Gasteiger partial charge in [-0.1, -0.05) is 6.07 Å². The Balaban J connectivity index is 1.63. The van der Waals surface area contributed by atoms with Crippen molar-refractivity contribution in [3.05, 3.63) is 22.4 Å². The van der Waals surface area contributed by atoms with Crippen molar-refractivity contribution in [1.82, 2.24) is 5.32 Å². The Hall–Kier alpha value is -1.87. The van der Waals surface area contributed by atoms with Crippen molar-refractivity contribution in [2.24, 2.45) is 0 Å². The summed E-state index contributed by atoms with van der Waals surface area (Å²) in [7, 11) is 0. The average molecular weight is 320 g/mol. The molecule has 0 spiro atoms. The van der Waals surface area contributed by atoms with E-state index in [0.717, 1.165) is 19.3 Å². The first-order valence-corrected chi connectivity index (χ1v) is 8.42. The molecule has 0 bridgehead atoms. The summed E-state index contributed by atoms with van der Waals surface area (Å²) in [6.45, 7) is -0.304. The van der Waals surface area contributed by atoms with Crippen LogP contribution < -0.4 is 5.32 Å². The fourth-order valence-corrected chi connectivity index (χ4v) is 3.38. The molecule has 0 aliphatic heterocycles. The van der Waals surface area contributed by atoms with E-state index in [-0.39, 0.29) is 12.6 Å². The molecule has 6 heteroatoms. The minimum atomic E-state index is -0.761. The van der Waals surface area contributed by atoms with Crippen molar-refractivity contribution in [3.63, 3.8) is 0 Å². The monoisotopic (exact) mass is 320 g/mol. The van der Waals surface area contributed by atoms with Crippen LogP contribution in [0.1, 0.15) is 43.4 Å². The Morgan fingerprint density at radius 2 is 2.18 bits per heavy atom. The van der Waals surface area contributed by atoms with Gasteiger partial charge in [0.15, 0.2) is 6.61 Å². The number of hydrogen-bond acceptors (Lipinski definition) is 5. The highest BCUT2D eigenvalue weighted by molar-refractivity contribution is 7.09. The highest BCUT2D eigenvalue weighted by Gasteiger charge is 2.35. The van der Waals surface area contributed by atoms with Gasteiger partial charge in [0.05, 0.1) is 6.07 Å². The topological polar surface area (TPSA) is 79.2 Å². The molecule has 5 nitrogen and oxygen atoms in total. The van der Waals surface area contributed by atoms with Gasteiger partial charge in [-0.2, -0.15) is 5.26 Å². The van der Waals surface area contributed by atoms with E-state index in [1.54, 1.807) is 11.3 Å². The third kappa shape index (κ3) is 4.85. The van der Waals surface area contributed by atoms with Crippen LogP contribution in [0.5, 0.6) is 0 Å². The predicted octanol–water partition coefficient (Wildman–Crippen LogP) is 2.57. The molecular weight excluding hydrogens is 300 g/mol. The molecule has 2 rings (SSSR count). The number of thiophene rings is 1. The Kier molecular flexibility index (Phi) is 5.96. The van der Waals surface area contributed by atoms with E-state index in [2.05, 4.69) is 11.4 Å². The lowest BCUT2D eigenvalue weighted by Gasteiger charge is -2.21. The van der Waals surface area contributed by atoms with Crippen LogP contribution in [0.15, 0.2) is 17.5 Å². The highest BCUT2D eigenvalue weighted by atomic mass is 32.1. The second kappa shape index (κ2) is 7.95. The van der Waals surface area contributed by atoms with Crippen molar-refractivity contribution in [2.75, 3.05) is 6.61 Å². The normalized spacial score (nSPS) is 16.0. The summed E-state index contributed by atoms with van der Waals surface area (Å²) in [5.74, 6) is -0.765. The van der Waals surface area contributed by atoms with Crippen molar-refractivity contribution >= 4 is 23.2 Å². The van der Waals surface area contributed by atoms with Crippen molar-refractivity contribution < 1.29 is 14.3 Å². The fourth-order valence-electron chi connectivity index (χ4n) is 2.63. The standard InChI is InChI=1S/C16H20N2O3S/c17-12-16(8-1-2-9-16)18-14(19)11-21-15(20)7-3-5-13-6-4-10-22-13/h4,6,10H,1-3,5,7-9,11H2,(H,18,19). The summed E-state index contributed by atoms with van der Waals surface area (Å²) in [6, 6.07) is 6.19. The third-order valence-corrected chi connectivity index (χ3v) is 4.73. The third-order valence-electron chi connectivity index (χ3n) is 3.80. The van der Waals surface area contributed by atoms with Gasteiger partial charge in [-0.15, -0.1) is 11.3 Å². The van der Waals surface area contributed by atoms with E-state index in [1.165, 1.54) is 4.88 Å². The first-order valence-electron chi connectivity index (χ1n) is 7.54. The number of carbonyl (C=O) groups is 2. The second-order valence-electron chi connectivity index (χ2n) is 5.54. The molecule has 1 aliphatic carbocycles. The van der Waals surface area contributed by atoms with E-state index in [0.29, 0.717) is 25.7 Å². The molecule has 22 heavy (non-hydrogen) atoms. The van der Waals surface area contributed by atoms with Crippen LogP contribution in [-0.2, 0) is 20.7 Å². The molecule has 1 N–H and O–H groups in total. The minimum absolute atomic E-state index is 0.300. The van der Waals surface area contributed by atoms with Gasteiger partial charge in [-0.3, -0.25) is 9.59 Å². The molecule has 0 aromatic carbocycles. The van der Waals surface area contributed by atoms with Crippen LogP contribution in [-0.4, -0.2) is 24.0 Å². The number of nitrogens with one attached hydrogen (secondary N) is 1. The van der Waals surface area contributed by atoms with Gasteiger partial charge in [0.25, 0.3) is 5.91 Å². The van der Waals surface area contributed by atoms with E-state index >= 15 is 0 Å². The summed E-state index contributed by atoms with van der Waals surface area (Å²) in [6.07, 6.45) is 5.08. The predicted molar refractivity (Wildman–Crippen MR) is 83.2 cm³/mol. The van der Waals surface area contributed by atoms with Gasteiger partial charge in [0.1, 0.15) is 5.54 Å².